The van der Waals surface area contributed by atoms with Crippen LogP contribution in [0.3, 0.4) is 0 Å². The van der Waals surface area contributed by atoms with Crippen LogP contribution in [0.4, 0.5) is 4.39 Å². The van der Waals surface area contributed by atoms with Gasteiger partial charge in [-0.15, -0.1) is 11.3 Å². The van der Waals surface area contributed by atoms with Crippen molar-refractivity contribution in [3.8, 4) is 0 Å². The van der Waals surface area contributed by atoms with Gasteiger partial charge < -0.3 is 5.32 Å². The lowest BCUT2D eigenvalue weighted by atomic mass is 10.2. The third-order valence-corrected chi connectivity index (χ3v) is 4.17. The summed E-state index contributed by atoms with van der Waals surface area (Å²) in [6.07, 6.45) is 3.41. The van der Waals surface area contributed by atoms with Crippen molar-refractivity contribution in [3.63, 3.8) is 0 Å². The van der Waals surface area contributed by atoms with E-state index < -0.39 is 0 Å². The van der Waals surface area contributed by atoms with Gasteiger partial charge in [0.1, 0.15) is 5.82 Å². The fraction of sp³-hybridized carbons (Fsp3) is 0.143. The Kier molecular flexibility index (Phi) is 3.23. The summed E-state index contributed by atoms with van der Waals surface area (Å²) in [5.74, 6) is -0.460. The molecule has 102 valence electrons. The smallest absolute Gasteiger partial charge is 0.261 e. The summed E-state index contributed by atoms with van der Waals surface area (Å²) in [6.45, 7) is 1.88. The van der Waals surface area contributed by atoms with Crippen LogP contribution in [0.25, 0.3) is 10.1 Å². The van der Waals surface area contributed by atoms with Crippen LogP contribution in [0.15, 0.2) is 36.7 Å². The molecule has 0 aliphatic carbocycles. The Morgan fingerprint density at radius 2 is 2.30 bits per heavy atom. The summed E-state index contributed by atoms with van der Waals surface area (Å²) in [5.41, 5.74) is 0.908. The maximum absolute atomic E-state index is 13.1. The van der Waals surface area contributed by atoms with Crippen LogP contribution in [-0.2, 0) is 0 Å². The molecule has 2 heterocycles. The van der Waals surface area contributed by atoms with Gasteiger partial charge in [-0.05, 0) is 30.5 Å². The van der Waals surface area contributed by atoms with Crippen LogP contribution < -0.4 is 5.32 Å². The molecule has 3 aromatic rings. The monoisotopic (exact) mass is 289 g/mol. The number of aromatic nitrogens is 2. The van der Waals surface area contributed by atoms with Crippen LogP contribution in [0, 0.1) is 5.82 Å². The van der Waals surface area contributed by atoms with E-state index in [-0.39, 0.29) is 17.8 Å². The predicted molar refractivity (Wildman–Crippen MR) is 76.3 cm³/mol. The van der Waals surface area contributed by atoms with Crippen LogP contribution in [0.1, 0.15) is 28.2 Å². The highest BCUT2D eigenvalue weighted by Gasteiger charge is 2.14. The van der Waals surface area contributed by atoms with E-state index in [2.05, 4.69) is 15.5 Å². The SMILES string of the molecule is CC(NC(=O)c1cc2ccc(F)cc2s1)c1cn[nH]c1. The zero-order valence-corrected chi connectivity index (χ0v) is 11.5. The molecule has 20 heavy (non-hydrogen) atoms. The second kappa shape index (κ2) is 5.05. The topological polar surface area (TPSA) is 57.8 Å². The van der Waals surface area contributed by atoms with Gasteiger partial charge in [0.25, 0.3) is 5.91 Å². The first-order valence-corrected chi connectivity index (χ1v) is 6.94. The highest BCUT2D eigenvalue weighted by Crippen LogP contribution is 2.26. The van der Waals surface area contributed by atoms with Crippen molar-refractivity contribution in [1.29, 1.82) is 0 Å². The molecule has 1 aromatic carbocycles. The Morgan fingerprint density at radius 3 is 3.05 bits per heavy atom. The fourth-order valence-corrected chi connectivity index (χ4v) is 2.96. The van der Waals surface area contributed by atoms with Crippen molar-refractivity contribution >= 4 is 27.3 Å². The fourth-order valence-electron chi connectivity index (χ4n) is 1.97. The molecule has 1 amide bonds. The molecule has 0 aliphatic rings. The van der Waals surface area contributed by atoms with Gasteiger partial charge in [-0.25, -0.2) is 4.39 Å². The summed E-state index contributed by atoms with van der Waals surface area (Å²) < 4.78 is 13.9. The molecule has 3 rings (SSSR count). The number of hydrogen-bond acceptors (Lipinski definition) is 3. The molecule has 0 spiro atoms. The molecule has 0 radical (unpaired) electrons. The molecule has 4 nitrogen and oxygen atoms in total. The summed E-state index contributed by atoms with van der Waals surface area (Å²) in [6, 6.07) is 6.15. The molecule has 0 saturated heterocycles. The standard InChI is InChI=1S/C14H12FN3OS/c1-8(10-6-16-17-7-10)18-14(19)13-4-9-2-3-11(15)5-12(9)20-13/h2-8H,1H3,(H,16,17)(H,18,19). The zero-order chi connectivity index (χ0) is 14.1. The molecule has 0 saturated carbocycles. The number of halogens is 1. The van der Waals surface area contributed by atoms with Crippen LogP contribution in [0.2, 0.25) is 0 Å². The Balaban J connectivity index is 1.82. The molecule has 1 atom stereocenters. The zero-order valence-electron chi connectivity index (χ0n) is 10.7. The number of aromatic amines is 1. The first-order valence-electron chi connectivity index (χ1n) is 6.12. The molecule has 6 heteroatoms. The van der Waals surface area contributed by atoms with Gasteiger partial charge in [0.05, 0.1) is 17.1 Å². The van der Waals surface area contributed by atoms with Gasteiger partial charge in [-0.1, -0.05) is 6.07 Å². The van der Waals surface area contributed by atoms with Crippen molar-refractivity contribution in [2.45, 2.75) is 13.0 Å². The van der Waals surface area contributed by atoms with Crippen LogP contribution in [0.5, 0.6) is 0 Å². The second-order valence-corrected chi connectivity index (χ2v) is 5.60. The van der Waals surface area contributed by atoms with Gasteiger partial charge >= 0.3 is 0 Å². The summed E-state index contributed by atoms with van der Waals surface area (Å²) >= 11 is 1.28. The van der Waals surface area contributed by atoms with E-state index in [0.29, 0.717) is 4.88 Å². The number of nitrogens with zero attached hydrogens (tertiary/aromatic N) is 1. The Labute approximate surface area is 118 Å². The number of amides is 1. The molecule has 2 aromatic heterocycles. The molecular formula is C14H12FN3OS. The quantitative estimate of drug-likeness (QED) is 0.777. The van der Waals surface area contributed by atoms with Gasteiger partial charge in [0.15, 0.2) is 0 Å². The minimum Gasteiger partial charge on any atom is -0.345 e. The lowest BCUT2D eigenvalue weighted by Gasteiger charge is -2.10. The average molecular weight is 289 g/mol. The molecule has 0 bridgehead atoms. The minimum absolute atomic E-state index is 0.136. The van der Waals surface area contributed by atoms with Crippen molar-refractivity contribution in [2.24, 2.45) is 0 Å². The number of hydrogen-bond donors (Lipinski definition) is 2. The lowest BCUT2D eigenvalue weighted by Crippen LogP contribution is -2.25. The number of carbonyl (C=O) groups is 1. The third-order valence-electron chi connectivity index (χ3n) is 3.07. The van der Waals surface area contributed by atoms with Crippen molar-refractivity contribution < 1.29 is 9.18 Å². The number of H-pyrrole nitrogens is 1. The summed E-state index contributed by atoms with van der Waals surface area (Å²) in [7, 11) is 0. The van der Waals surface area contributed by atoms with E-state index in [1.165, 1.54) is 23.5 Å². The van der Waals surface area contributed by atoms with E-state index >= 15 is 0 Å². The molecular weight excluding hydrogens is 277 g/mol. The van der Waals surface area contributed by atoms with E-state index in [1.54, 1.807) is 24.5 Å². The van der Waals surface area contributed by atoms with Crippen LogP contribution in [-0.4, -0.2) is 16.1 Å². The average Bonchev–Trinajstić information content (AvgIpc) is 3.07. The Bertz CT molecular complexity index is 751. The van der Waals surface area contributed by atoms with Gasteiger partial charge in [0, 0.05) is 16.5 Å². The largest absolute Gasteiger partial charge is 0.345 e. The number of carbonyl (C=O) groups excluding carboxylic acids is 1. The third kappa shape index (κ3) is 2.42. The van der Waals surface area contributed by atoms with E-state index in [0.717, 1.165) is 15.6 Å². The van der Waals surface area contributed by atoms with Crippen molar-refractivity contribution in [3.05, 3.63) is 52.9 Å². The van der Waals surface area contributed by atoms with Gasteiger partial charge in [0.2, 0.25) is 0 Å². The van der Waals surface area contributed by atoms with E-state index in [4.69, 9.17) is 0 Å². The first kappa shape index (κ1) is 12.8. The van der Waals surface area contributed by atoms with Crippen molar-refractivity contribution in [2.75, 3.05) is 0 Å². The minimum atomic E-state index is -0.293. The first-order chi connectivity index (χ1) is 9.63. The summed E-state index contributed by atoms with van der Waals surface area (Å²) in [5, 5.41) is 10.3. The summed E-state index contributed by atoms with van der Waals surface area (Å²) in [4.78, 5) is 12.8. The maximum Gasteiger partial charge on any atom is 0.261 e. The Morgan fingerprint density at radius 1 is 1.45 bits per heavy atom. The number of benzene rings is 1. The second-order valence-electron chi connectivity index (χ2n) is 4.52. The lowest BCUT2D eigenvalue weighted by molar-refractivity contribution is 0.0944. The molecule has 0 fully saturated rings. The van der Waals surface area contributed by atoms with Crippen LogP contribution >= 0.6 is 11.3 Å². The number of thiophene rings is 1. The predicted octanol–water partition coefficient (Wildman–Crippen LogP) is 3.25. The highest BCUT2D eigenvalue weighted by atomic mass is 32.1. The van der Waals surface area contributed by atoms with Gasteiger partial charge in [-0.3, -0.25) is 9.89 Å². The van der Waals surface area contributed by atoms with E-state index in [9.17, 15) is 9.18 Å². The molecule has 2 N–H and O–H groups in total. The number of rotatable bonds is 3. The molecule has 1 unspecified atom stereocenters. The van der Waals surface area contributed by atoms with E-state index in [1.807, 2.05) is 6.92 Å². The number of fused-ring (bicyclic) bond motifs is 1. The normalized spacial score (nSPS) is 12.5. The number of nitrogens with one attached hydrogen (secondary N) is 2. The van der Waals surface area contributed by atoms with Crippen molar-refractivity contribution in [1.82, 2.24) is 15.5 Å². The Hall–Kier alpha value is -2.21. The molecule has 0 aliphatic heterocycles. The van der Waals surface area contributed by atoms with Gasteiger partial charge in [-0.2, -0.15) is 5.10 Å². The highest BCUT2D eigenvalue weighted by molar-refractivity contribution is 7.20. The maximum atomic E-state index is 13.1.